The molecule has 5 heteroatoms. The highest BCUT2D eigenvalue weighted by Gasteiger charge is 2.17. The average molecular weight is 276 g/mol. The number of carboxylic acids is 1. The van der Waals surface area contributed by atoms with Crippen molar-refractivity contribution in [2.24, 2.45) is 5.92 Å². The van der Waals surface area contributed by atoms with E-state index in [1.807, 2.05) is 0 Å². The first-order valence-electron chi connectivity index (χ1n) is 6.95. The van der Waals surface area contributed by atoms with Crippen LogP contribution in [0.25, 0.3) is 0 Å². The quantitative estimate of drug-likeness (QED) is 0.773. The van der Waals surface area contributed by atoms with Crippen LogP contribution in [0.1, 0.15) is 41.6 Å². The minimum atomic E-state index is -1.04. The molecule has 2 amide bonds. The van der Waals surface area contributed by atoms with Gasteiger partial charge in [0.1, 0.15) is 0 Å². The lowest BCUT2D eigenvalue weighted by Crippen LogP contribution is -2.32. The van der Waals surface area contributed by atoms with Crippen LogP contribution in [0.4, 0.5) is 10.5 Å². The molecule has 1 aliphatic carbocycles. The minimum Gasteiger partial charge on any atom is -0.478 e. The van der Waals surface area contributed by atoms with Gasteiger partial charge in [0.25, 0.3) is 0 Å². The molecule has 1 saturated carbocycles. The van der Waals surface area contributed by atoms with Gasteiger partial charge in [-0.05, 0) is 30.9 Å². The van der Waals surface area contributed by atoms with E-state index in [-0.39, 0.29) is 11.6 Å². The third kappa shape index (κ3) is 3.50. The first-order valence-corrected chi connectivity index (χ1v) is 6.95. The van der Waals surface area contributed by atoms with Gasteiger partial charge in [-0.1, -0.05) is 31.4 Å². The minimum absolute atomic E-state index is 0.110. The molecule has 5 nitrogen and oxygen atoms in total. The second kappa shape index (κ2) is 6.41. The molecule has 1 aliphatic rings. The van der Waals surface area contributed by atoms with Crippen molar-refractivity contribution in [1.82, 2.24) is 5.32 Å². The van der Waals surface area contributed by atoms with E-state index in [1.54, 1.807) is 19.1 Å². The lowest BCUT2D eigenvalue weighted by Gasteiger charge is -2.25. The molecule has 20 heavy (non-hydrogen) atoms. The Morgan fingerprint density at radius 3 is 2.70 bits per heavy atom. The van der Waals surface area contributed by atoms with Crippen LogP contribution < -0.4 is 10.6 Å². The van der Waals surface area contributed by atoms with Crippen LogP contribution in [0.2, 0.25) is 0 Å². The highest BCUT2D eigenvalue weighted by Crippen LogP contribution is 2.28. The number of carboxylic acid groups (broad SMARTS) is 1. The molecule has 0 saturated heterocycles. The molecular formula is C15H20N2O3. The van der Waals surface area contributed by atoms with Crippen molar-refractivity contribution >= 4 is 17.7 Å². The summed E-state index contributed by atoms with van der Waals surface area (Å²) in [7, 11) is 0. The number of aromatic carboxylic acids is 1. The summed E-state index contributed by atoms with van der Waals surface area (Å²) in [4.78, 5) is 22.9. The number of hydrogen-bond donors (Lipinski definition) is 3. The van der Waals surface area contributed by atoms with E-state index in [4.69, 9.17) is 5.11 Å². The van der Waals surface area contributed by atoms with Crippen molar-refractivity contribution in [1.29, 1.82) is 0 Å². The number of aryl methyl sites for hydroxylation is 1. The number of carbonyl (C=O) groups is 2. The van der Waals surface area contributed by atoms with Gasteiger partial charge < -0.3 is 15.7 Å². The Labute approximate surface area is 118 Å². The van der Waals surface area contributed by atoms with E-state index in [9.17, 15) is 9.59 Å². The van der Waals surface area contributed by atoms with Gasteiger partial charge in [-0.3, -0.25) is 0 Å². The summed E-state index contributed by atoms with van der Waals surface area (Å²) in [6.45, 7) is 2.40. The van der Waals surface area contributed by atoms with E-state index >= 15 is 0 Å². The molecule has 0 aliphatic heterocycles. The summed E-state index contributed by atoms with van der Waals surface area (Å²) in [5, 5.41) is 14.5. The van der Waals surface area contributed by atoms with Crippen LogP contribution in [-0.4, -0.2) is 23.7 Å². The topological polar surface area (TPSA) is 78.4 Å². The van der Waals surface area contributed by atoms with Gasteiger partial charge in [-0.25, -0.2) is 9.59 Å². The molecule has 3 N–H and O–H groups in total. The maximum Gasteiger partial charge on any atom is 0.337 e. The van der Waals surface area contributed by atoms with Crippen molar-refractivity contribution in [3.63, 3.8) is 0 Å². The Morgan fingerprint density at radius 2 is 2.10 bits per heavy atom. The average Bonchev–Trinajstić information content (AvgIpc) is 2.34. The number of para-hydroxylation sites is 1. The Morgan fingerprint density at radius 1 is 1.35 bits per heavy atom. The molecule has 0 heterocycles. The highest BCUT2D eigenvalue weighted by molar-refractivity contribution is 6.00. The predicted octanol–water partition coefficient (Wildman–Crippen LogP) is 3.00. The molecule has 1 aromatic carbocycles. The zero-order valence-electron chi connectivity index (χ0n) is 11.6. The molecule has 0 bridgehead atoms. The van der Waals surface area contributed by atoms with Gasteiger partial charge in [0.15, 0.2) is 0 Å². The van der Waals surface area contributed by atoms with E-state index < -0.39 is 5.97 Å². The van der Waals surface area contributed by atoms with Gasteiger partial charge in [-0.15, -0.1) is 0 Å². The zero-order chi connectivity index (χ0) is 14.5. The Kier molecular flexibility index (Phi) is 4.61. The lowest BCUT2D eigenvalue weighted by molar-refractivity contribution is 0.0698. The molecule has 2 rings (SSSR count). The van der Waals surface area contributed by atoms with Crippen LogP contribution in [0.3, 0.4) is 0 Å². The summed E-state index contributed by atoms with van der Waals surface area (Å²) in [5.74, 6) is -0.304. The fourth-order valence-electron chi connectivity index (χ4n) is 2.34. The number of anilines is 1. The summed E-state index contributed by atoms with van der Waals surface area (Å²) < 4.78 is 0. The van der Waals surface area contributed by atoms with Crippen molar-refractivity contribution in [3.05, 3.63) is 29.3 Å². The van der Waals surface area contributed by atoms with Crippen LogP contribution in [0.5, 0.6) is 0 Å². The first-order chi connectivity index (χ1) is 9.58. The van der Waals surface area contributed by atoms with Crippen molar-refractivity contribution in [3.8, 4) is 0 Å². The zero-order valence-corrected chi connectivity index (χ0v) is 11.6. The lowest BCUT2D eigenvalue weighted by atomic mass is 9.83. The van der Waals surface area contributed by atoms with Crippen molar-refractivity contribution in [2.45, 2.75) is 32.6 Å². The Hall–Kier alpha value is -2.04. The van der Waals surface area contributed by atoms with Gasteiger partial charge in [0.05, 0.1) is 11.3 Å². The molecule has 1 aromatic rings. The summed E-state index contributed by atoms with van der Waals surface area (Å²) >= 11 is 0. The molecular weight excluding hydrogens is 256 g/mol. The Balaban J connectivity index is 1.91. The smallest absolute Gasteiger partial charge is 0.337 e. The molecule has 0 atom stereocenters. The van der Waals surface area contributed by atoms with E-state index in [0.717, 1.165) is 17.9 Å². The van der Waals surface area contributed by atoms with Gasteiger partial charge in [0.2, 0.25) is 0 Å². The summed E-state index contributed by atoms with van der Waals surface area (Å²) in [6, 6.07) is 4.58. The number of amides is 2. The van der Waals surface area contributed by atoms with E-state index in [0.29, 0.717) is 12.2 Å². The second-order valence-corrected chi connectivity index (χ2v) is 5.27. The third-order valence-electron chi connectivity index (χ3n) is 3.80. The number of rotatable bonds is 5. The number of urea groups is 1. The normalized spacial score (nSPS) is 14.4. The fourth-order valence-corrected chi connectivity index (χ4v) is 2.34. The van der Waals surface area contributed by atoms with E-state index in [2.05, 4.69) is 10.6 Å². The fraction of sp³-hybridized carbons (Fsp3) is 0.467. The molecule has 0 spiro atoms. The number of benzene rings is 1. The first kappa shape index (κ1) is 14.4. The van der Waals surface area contributed by atoms with Crippen LogP contribution in [0, 0.1) is 12.8 Å². The highest BCUT2D eigenvalue weighted by atomic mass is 16.4. The van der Waals surface area contributed by atoms with Crippen molar-refractivity contribution < 1.29 is 14.7 Å². The summed E-state index contributed by atoms with van der Waals surface area (Å²) in [5.41, 5.74) is 1.21. The maximum absolute atomic E-state index is 11.8. The second-order valence-electron chi connectivity index (χ2n) is 5.27. The van der Waals surface area contributed by atoms with Gasteiger partial charge >= 0.3 is 12.0 Å². The van der Waals surface area contributed by atoms with Crippen LogP contribution in [0.15, 0.2) is 18.2 Å². The Bertz CT molecular complexity index is 510. The molecule has 0 radical (unpaired) electrons. The van der Waals surface area contributed by atoms with Crippen LogP contribution in [-0.2, 0) is 0 Å². The number of carbonyl (C=O) groups excluding carboxylic acids is 1. The van der Waals surface area contributed by atoms with Gasteiger partial charge in [-0.2, -0.15) is 0 Å². The van der Waals surface area contributed by atoms with Crippen LogP contribution >= 0.6 is 0 Å². The maximum atomic E-state index is 11.8. The van der Waals surface area contributed by atoms with Crippen molar-refractivity contribution in [2.75, 3.05) is 11.9 Å². The predicted molar refractivity (Wildman–Crippen MR) is 77.1 cm³/mol. The third-order valence-corrected chi connectivity index (χ3v) is 3.80. The summed E-state index contributed by atoms with van der Waals surface area (Å²) in [6.07, 6.45) is 4.80. The standard InChI is InChI=1S/C15H20N2O3/c1-10-4-2-7-12(14(18)19)13(10)17-15(20)16-9-8-11-5-3-6-11/h2,4,7,11H,3,5-6,8-9H2,1H3,(H,18,19)(H2,16,17,20). The van der Waals surface area contributed by atoms with E-state index in [1.165, 1.54) is 25.3 Å². The molecule has 108 valence electrons. The number of nitrogens with one attached hydrogen (secondary N) is 2. The number of hydrogen-bond acceptors (Lipinski definition) is 2. The van der Waals surface area contributed by atoms with Gasteiger partial charge in [0, 0.05) is 6.54 Å². The monoisotopic (exact) mass is 276 g/mol. The molecule has 0 aromatic heterocycles. The SMILES string of the molecule is Cc1cccc(C(=O)O)c1NC(=O)NCCC1CCC1. The molecule has 0 unspecified atom stereocenters. The molecule has 1 fully saturated rings. The largest absolute Gasteiger partial charge is 0.478 e.